The summed E-state index contributed by atoms with van der Waals surface area (Å²) in [4.78, 5) is 0. The van der Waals surface area contributed by atoms with E-state index in [0.717, 1.165) is 13.2 Å². The first-order chi connectivity index (χ1) is 6.88. The molecule has 14 heavy (non-hydrogen) atoms. The lowest BCUT2D eigenvalue weighted by Crippen LogP contribution is -2.20. The van der Waals surface area contributed by atoms with Gasteiger partial charge in [0.15, 0.2) is 0 Å². The van der Waals surface area contributed by atoms with Crippen LogP contribution in [-0.2, 0) is 18.9 Å². The molecule has 0 aromatic carbocycles. The van der Waals surface area contributed by atoms with E-state index in [0.29, 0.717) is 13.2 Å². The van der Waals surface area contributed by atoms with Crippen molar-refractivity contribution in [2.75, 3.05) is 26.4 Å². The Labute approximate surface area is 83.5 Å². The SMILES string of the molecule is CC#CC(OCC1CO1)OCC1CO1. The minimum atomic E-state index is -0.437. The number of ether oxygens (including phenoxy) is 4. The van der Waals surface area contributed by atoms with E-state index in [-0.39, 0.29) is 12.2 Å². The van der Waals surface area contributed by atoms with Gasteiger partial charge in [-0.05, 0) is 12.8 Å². The Morgan fingerprint density at radius 1 is 1.21 bits per heavy atom. The molecule has 78 valence electrons. The number of hydrogen-bond acceptors (Lipinski definition) is 4. The van der Waals surface area contributed by atoms with Gasteiger partial charge in [-0.2, -0.15) is 0 Å². The van der Waals surface area contributed by atoms with Crippen molar-refractivity contribution in [2.24, 2.45) is 0 Å². The Morgan fingerprint density at radius 3 is 2.07 bits per heavy atom. The molecule has 2 heterocycles. The molecule has 0 bridgehead atoms. The van der Waals surface area contributed by atoms with Crippen molar-refractivity contribution in [1.82, 2.24) is 0 Å². The van der Waals surface area contributed by atoms with E-state index < -0.39 is 6.29 Å². The summed E-state index contributed by atoms with van der Waals surface area (Å²) in [5, 5.41) is 0. The second kappa shape index (κ2) is 4.76. The Balaban J connectivity index is 1.63. The van der Waals surface area contributed by atoms with Crippen molar-refractivity contribution in [3.8, 4) is 11.8 Å². The Bertz CT molecular complexity index is 218. The molecule has 0 aromatic rings. The molecule has 4 nitrogen and oxygen atoms in total. The van der Waals surface area contributed by atoms with E-state index in [9.17, 15) is 0 Å². The summed E-state index contributed by atoms with van der Waals surface area (Å²) < 4.78 is 20.9. The van der Waals surface area contributed by atoms with Gasteiger partial charge >= 0.3 is 0 Å². The largest absolute Gasteiger partial charge is 0.371 e. The molecule has 2 unspecified atom stereocenters. The maximum Gasteiger partial charge on any atom is 0.222 e. The third kappa shape index (κ3) is 3.64. The van der Waals surface area contributed by atoms with Crippen LogP contribution in [-0.4, -0.2) is 44.9 Å². The lowest BCUT2D eigenvalue weighted by molar-refractivity contribution is -0.111. The summed E-state index contributed by atoms with van der Waals surface area (Å²) in [7, 11) is 0. The van der Waals surface area contributed by atoms with E-state index in [1.54, 1.807) is 6.92 Å². The fraction of sp³-hybridized carbons (Fsp3) is 0.800. The van der Waals surface area contributed by atoms with Gasteiger partial charge < -0.3 is 18.9 Å². The third-order valence-electron chi connectivity index (χ3n) is 1.93. The molecule has 0 saturated carbocycles. The summed E-state index contributed by atoms with van der Waals surface area (Å²) in [6.07, 6.45) is 0.0577. The molecule has 2 aliphatic rings. The van der Waals surface area contributed by atoms with Crippen LogP contribution in [0.15, 0.2) is 0 Å². The molecule has 0 aliphatic carbocycles. The second-order valence-corrected chi connectivity index (χ2v) is 3.30. The van der Waals surface area contributed by atoms with Crippen molar-refractivity contribution >= 4 is 0 Å². The molecule has 2 rings (SSSR count). The van der Waals surface area contributed by atoms with Crippen molar-refractivity contribution < 1.29 is 18.9 Å². The normalized spacial score (nSPS) is 30.4. The van der Waals surface area contributed by atoms with Crippen LogP contribution in [0.3, 0.4) is 0 Å². The van der Waals surface area contributed by atoms with E-state index in [4.69, 9.17) is 18.9 Å². The Kier molecular flexibility index (Phi) is 3.38. The van der Waals surface area contributed by atoms with Crippen LogP contribution >= 0.6 is 0 Å². The highest BCUT2D eigenvalue weighted by atomic mass is 16.7. The van der Waals surface area contributed by atoms with Crippen LogP contribution in [0, 0.1) is 11.8 Å². The van der Waals surface area contributed by atoms with Gasteiger partial charge in [0.25, 0.3) is 0 Å². The molecule has 0 spiro atoms. The summed E-state index contributed by atoms with van der Waals surface area (Å²) >= 11 is 0. The van der Waals surface area contributed by atoms with Crippen LogP contribution in [0.4, 0.5) is 0 Å². The second-order valence-electron chi connectivity index (χ2n) is 3.30. The van der Waals surface area contributed by atoms with Gasteiger partial charge in [-0.15, -0.1) is 5.92 Å². The van der Waals surface area contributed by atoms with Crippen molar-refractivity contribution in [3.63, 3.8) is 0 Å². The highest BCUT2D eigenvalue weighted by Crippen LogP contribution is 2.12. The average molecular weight is 198 g/mol. The topological polar surface area (TPSA) is 43.5 Å². The fourth-order valence-corrected chi connectivity index (χ4v) is 0.967. The van der Waals surface area contributed by atoms with E-state index in [1.165, 1.54) is 0 Å². The smallest absolute Gasteiger partial charge is 0.222 e. The molecule has 2 fully saturated rings. The van der Waals surface area contributed by atoms with Crippen LogP contribution < -0.4 is 0 Å². The molecular weight excluding hydrogens is 184 g/mol. The Morgan fingerprint density at radius 2 is 1.71 bits per heavy atom. The summed E-state index contributed by atoms with van der Waals surface area (Å²) in [6.45, 7) is 4.47. The van der Waals surface area contributed by atoms with E-state index in [1.807, 2.05) is 0 Å². The molecule has 0 N–H and O–H groups in total. The predicted molar refractivity (Wildman–Crippen MR) is 48.6 cm³/mol. The summed E-state index contributed by atoms with van der Waals surface area (Å²) in [5.74, 6) is 5.62. The molecule has 2 aliphatic heterocycles. The van der Waals surface area contributed by atoms with Crippen molar-refractivity contribution in [1.29, 1.82) is 0 Å². The molecule has 4 heteroatoms. The van der Waals surface area contributed by atoms with Crippen molar-refractivity contribution in [2.45, 2.75) is 25.4 Å². The van der Waals surface area contributed by atoms with Gasteiger partial charge in [0.05, 0.1) is 26.4 Å². The van der Waals surface area contributed by atoms with Gasteiger partial charge in [-0.3, -0.25) is 0 Å². The zero-order valence-electron chi connectivity index (χ0n) is 8.19. The zero-order valence-corrected chi connectivity index (χ0v) is 8.19. The molecule has 0 radical (unpaired) electrons. The van der Waals surface area contributed by atoms with Gasteiger partial charge in [-0.1, -0.05) is 0 Å². The number of hydrogen-bond donors (Lipinski definition) is 0. The van der Waals surface area contributed by atoms with E-state index in [2.05, 4.69) is 11.8 Å². The Hall–Kier alpha value is -0.600. The van der Waals surface area contributed by atoms with Crippen LogP contribution in [0.1, 0.15) is 6.92 Å². The third-order valence-corrected chi connectivity index (χ3v) is 1.93. The minimum absolute atomic E-state index is 0.247. The first-order valence-corrected chi connectivity index (χ1v) is 4.77. The monoisotopic (exact) mass is 198 g/mol. The lowest BCUT2D eigenvalue weighted by atomic mass is 10.5. The first kappa shape index (κ1) is 9.94. The maximum atomic E-state index is 5.41. The molecule has 2 saturated heterocycles. The lowest BCUT2D eigenvalue weighted by Gasteiger charge is -2.11. The number of epoxide rings is 2. The van der Waals surface area contributed by atoms with Gasteiger partial charge in [0.1, 0.15) is 12.2 Å². The van der Waals surface area contributed by atoms with Gasteiger partial charge in [0, 0.05) is 0 Å². The number of rotatable bonds is 6. The van der Waals surface area contributed by atoms with Crippen molar-refractivity contribution in [3.05, 3.63) is 0 Å². The van der Waals surface area contributed by atoms with Crippen LogP contribution in [0.5, 0.6) is 0 Å². The van der Waals surface area contributed by atoms with Gasteiger partial charge in [0.2, 0.25) is 6.29 Å². The molecule has 0 aromatic heterocycles. The predicted octanol–water partition coefficient (Wildman–Crippen LogP) is 0.167. The van der Waals surface area contributed by atoms with Crippen LogP contribution in [0.2, 0.25) is 0 Å². The fourth-order valence-electron chi connectivity index (χ4n) is 0.967. The summed E-state index contributed by atoms with van der Waals surface area (Å²) in [6, 6.07) is 0. The quantitative estimate of drug-likeness (QED) is 0.346. The first-order valence-electron chi connectivity index (χ1n) is 4.77. The summed E-state index contributed by atoms with van der Waals surface area (Å²) in [5.41, 5.74) is 0. The van der Waals surface area contributed by atoms with Gasteiger partial charge in [-0.25, -0.2) is 0 Å². The molecule has 0 amide bonds. The standard InChI is InChI=1S/C10H14O4/c1-2-3-10(13-6-8-4-11-8)14-7-9-5-12-9/h8-10H,4-7H2,1H3. The zero-order chi connectivity index (χ0) is 9.80. The average Bonchev–Trinajstić information content (AvgIpc) is 3.02. The molecule has 2 atom stereocenters. The maximum absolute atomic E-state index is 5.41. The van der Waals surface area contributed by atoms with Crippen LogP contribution in [0.25, 0.3) is 0 Å². The minimum Gasteiger partial charge on any atom is -0.371 e. The van der Waals surface area contributed by atoms with E-state index >= 15 is 0 Å². The molecular formula is C10H14O4. The highest BCUT2D eigenvalue weighted by Gasteiger charge is 2.26. The highest BCUT2D eigenvalue weighted by molar-refractivity contribution is 4.99.